The van der Waals surface area contributed by atoms with Gasteiger partial charge >= 0.3 is 0 Å². The molecule has 33 heavy (non-hydrogen) atoms. The molecular weight excluding hydrogens is 420 g/mol. The van der Waals surface area contributed by atoms with Crippen molar-refractivity contribution in [3.05, 3.63) is 39.8 Å². The van der Waals surface area contributed by atoms with Gasteiger partial charge in [0.05, 0.1) is 48.0 Å². The molecule has 0 bridgehead atoms. The number of pyridine rings is 1. The van der Waals surface area contributed by atoms with Gasteiger partial charge in [-0.25, -0.2) is 0 Å². The van der Waals surface area contributed by atoms with E-state index in [4.69, 9.17) is 9.47 Å². The zero-order valence-electron chi connectivity index (χ0n) is 19.4. The minimum Gasteiger partial charge on any atom is -0.382 e. The number of methoxy groups -OCH3 is 1. The zero-order valence-corrected chi connectivity index (χ0v) is 19.4. The predicted molar refractivity (Wildman–Crippen MR) is 127 cm³/mol. The second-order valence-corrected chi connectivity index (χ2v) is 9.31. The fraction of sp³-hybridized carbons (Fsp3) is 0.560. The summed E-state index contributed by atoms with van der Waals surface area (Å²) in [4.78, 5) is 31.1. The molecule has 0 radical (unpaired) electrons. The van der Waals surface area contributed by atoms with E-state index < -0.39 is 0 Å². The Morgan fingerprint density at radius 1 is 1.12 bits per heavy atom. The highest BCUT2D eigenvalue weighted by atomic mass is 16.5. The number of nitrogens with one attached hydrogen (secondary N) is 1. The van der Waals surface area contributed by atoms with Crippen LogP contribution in [0.2, 0.25) is 0 Å². The standard InChI is InChI=1S/C25H32N4O4/c1-16-13-22-20(23-21(24(30)27-22)15-26-29(23)17-5-3-4-6-17)14-19(16)25(31)28-9-7-18(8-10-28)33-12-11-32-2/h13-15,17-18H,3-12H2,1-2H3,(H,27,30). The fourth-order valence-electron chi connectivity index (χ4n) is 5.34. The number of ether oxygens (including phenoxy) is 2. The van der Waals surface area contributed by atoms with Gasteiger partial charge in [-0.05, 0) is 50.3 Å². The van der Waals surface area contributed by atoms with Crippen LogP contribution in [0.3, 0.4) is 0 Å². The maximum absolute atomic E-state index is 13.5. The number of H-pyrrole nitrogens is 1. The summed E-state index contributed by atoms with van der Waals surface area (Å²) in [7, 11) is 1.67. The number of piperidine rings is 1. The lowest BCUT2D eigenvalue weighted by atomic mass is 10.0. The van der Waals surface area contributed by atoms with Crippen LogP contribution in [0.4, 0.5) is 0 Å². The molecule has 5 rings (SSSR count). The Hall–Kier alpha value is -2.71. The Bertz CT molecular complexity index is 1220. The molecule has 2 aromatic heterocycles. The van der Waals surface area contributed by atoms with Gasteiger partial charge in [0.2, 0.25) is 0 Å². The molecule has 0 spiro atoms. The van der Waals surface area contributed by atoms with Gasteiger partial charge in [-0.15, -0.1) is 0 Å². The third-order valence-electron chi connectivity index (χ3n) is 7.18. The smallest absolute Gasteiger partial charge is 0.259 e. The molecule has 0 unspecified atom stereocenters. The summed E-state index contributed by atoms with van der Waals surface area (Å²) < 4.78 is 12.9. The van der Waals surface area contributed by atoms with Crippen molar-refractivity contribution < 1.29 is 14.3 Å². The number of rotatable bonds is 6. The molecule has 1 aromatic carbocycles. The first kappa shape index (κ1) is 22.1. The Kier molecular flexibility index (Phi) is 6.21. The van der Waals surface area contributed by atoms with Gasteiger partial charge in [-0.2, -0.15) is 5.10 Å². The minimum absolute atomic E-state index is 0.0380. The molecule has 1 amide bonds. The van der Waals surface area contributed by atoms with E-state index in [0.29, 0.717) is 43.3 Å². The molecule has 1 saturated carbocycles. The molecule has 3 aromatic rings. The Labute approximate surface area is 192 Å². The van der Waals surface area contributed by atoms with E-state index in [-0.39, 0.29) is 17.6 Å². The third-order valence-corrected chi connectivity index (χ3v) is 7.18. The Morgan fingerprint density at radius 2 is 1.88 bits per heavy atom. The van der Waals surface area contributed by atoms with Crippen LogP contribution in [0.25, 0.3) is 21.8 Å². The fourth-order valence-corrected chi connectivity index (χ4v) is 5.34. The predicted octanol–water partition coefficient (Wildman–Crippen LogP) is 3.57. The van der Waals surface area contributed by atoms with E-state index in [1.54, 1.807) is 13.3 Å². The molecule has 1 aliphatic carbocycles. The number of aromatic amines is 1. The molecule has 2 aliphatic rings. The average Bonchev–Trinajstić information content (AvgIpc) is 3.49. The lowest BCUT2D eigenvalue weighted by molar-refractivity contribution is -0.0122. The van der Waals surface area contributed by atoms with Crippen molar-refractivity contribution in [1.29, 1.82) is 0 Å². The lowest BCUT2D eigenvalue weighted by Crippen LogP contribution is -2.41. The summed E-state index contributed by atoms with van der Waals surface area (Å²) in [5.41, 5.74) is 3.03. The Balaban J connectivity index is 1.46. The number of nitrogens with zero attached hydrogens (tertiary/aromatic N) is 3. The van der Waals surface area contributed by atoms with E-state index >= 15 is 0 Å². The molecule has 8 heteroatoms. The van der Waals surface area contributed by atoms with Crippen LogP contribution in [0.1, 0.15) is 60.5 Å². The van der Waals surface area contributed by atoms with Gasteiger partial charge in [0, 0.05) is 31.1 Å². The van der Waals surface area contributed by atoms with Crippen LogP contribution in [-0.4, -0.2) is 65.1 Å². The van der Waals surface area contributed by atoms with Gasteiger partial charge in [0.1, 0.15) is 0 Å². The molecular formula is C25H32N4O4. The number of amides is 1. The largest absolute Gasteiger partial charge is 0.382 e. The van der Waals surface area contributed by atoms with Crippen LogP contribution in [0.15, 0.2) is 23.1 Å². The number of hydrogen-bond donors (Lipinski definition) is 1. The van der Waals surface area contributed by atoms with Crippen molar-refractivity contribution in [2.45, 2.75) is 57.6 Å². The molecule has 1 N–H and O–H groups in total. The van der Waals surface area contributed by atoms with E-state index in [1.165, 1.54) is 12.8 Å². The third kappa shape index (κ3) is 4.17. The number of hydrogen-bond acceptors (Lipinski definition) is 5. The van der Waals surface area contributed by atoms with Gasteiger partial charge in [-0.1, -0.05) is 12.8 Å². The summed E-state index contributed by atoms with van der Waals surface area (Å²) in [5.74, 6) is 0.0380. The molecule has 1 aliphatic heterocycles. The normalized spacial score (nSPS) is 18.1. The van der Waals surface area contributed by atoms with E-state index in [9.17, 15) is 9.59 Å². The highest BCUT2D eigenvalue weighted by Crippen LogP contribution is 2.34. The average molecular weight is 453 g/mol. The molecule has 3 heterocycles. The molecule has 8 nitrogen and oxygen atoms in total. The van der Waals surface area contributed by atoms with Crippen molar-refractivity contribution in [2.75, 3.05) is 33.4 Å². The molecule has 0 atom stereocenters. The number of likely N-dealkylation sites (tertiary alicyclic amines) is 1. The number of benzene rings is 1. The second kappa shape index (κ2) is 9.27. The van der Waals surface area contributed by atoms with Crippen molar-refractivity contribution in [1.82, 2.24) is 19.7 Å². The number of carbonyl (C=O) groups excluding carboxylic acids is 1. The molecule has 176 valence electrons. The number of aryl methyl sites for hydroxylation is 1. The number of carbonyl (C=O) groups is 1. The number of fused-ring (bicyclic) bond motifs is 3. The van der Waals surface area contributed by atoms with Crippen LogP contribution in [-0.2, 0) is 9.47 Å². The van der Waals surface area contributed by atoms with Gasteiger partial charge in [0.15, 0.2) is 0 Å². The topological polar surface area (TPSA) is 89.4 Å². The minimum atomic E-state index is -0.129. The maximum Gasteiger partial charge on any atom is 0.259 e. The van der Waals surface area contributed by atoms with E-state index in [2.05, 4.69) is 10.1 Å². The zero-order chi connectivity index (χ0) is 22.9. The summed E-state index contributed by atoms with van der Waals surface area (Å²) >= 11 is 0. The molecule has 2 fully saturated rings. The quantitative estimate of drug-likeness (QED) is 0.578. The van der Waals surface area contributed by atoms with Crippen molar-refractivity contribution in [3.63, 3.8) is 0 Å². The van der Waals surface area contributed by atoms with E-state index in [0.717, 1.165) is 47.7 Å². The lowest BCUT2D eigenvalue weighted by Gasteiger charge is -2.32. The summed E-state index contributed by atoms with van der Waals surface area (Å²) in [6.07, 6.45) is 8.01. The highest BCUT2D eigenvalue weighted by Gasteiger charge is 2.27. The van der Waals surface area contributed by atoms with Crippen LogP contribution in [0, 0.1) is 6.92 Å². The van der Waals surface area contributed by atoms with Crippen molar-refractivity contribution in [3.8, 4) is 0 Å². The number of aromatic nitrogens is 3. The molecule has 1 saturated heterocycles. The first-order valence-electron chi connectivity index (χ1n) is 12.0. The van der Waals surface area contributed by atoms with E-state index in [1.807, 2.05) is 28.6 Å². The summed E-state index contributed by atoms with van der Waals surface area (Å²) in [5, 5.41) is 6.07. The van der Waals surface area contributed by atoms with Crippen molar-refractivity contribution >= 4 is 27.7 Å². The van der Waals surface area contributed by atoms with Gasteiger partial charge in [-0.3, -0.25) is 14.3 Å². The first-order chi connectivity index (χ1) is 16.1. The van der Waals surface area contributed by atoms with Crippen LogP contribution >= 0.6 is 0 Å². The summed E-state index contributed by atoms with van der Waals surface area (Å²) in [6.45, 7) is 4.46. The summed E-state index contributed by atoms with van der Waals surface area (Å²) in [6, 6.07) is 4.19. The van der Waals surface area contributed by atoms with Crippen molar-refractivity contribution in [2.24, 2.45) is 0 Å². The SMILES string of the molecule is COCCOC1CCN(C(=O)c2cc3c(cc2C)[nH]c(=O)c2cnn(C4CCCC4)c23)CC1. The Morgan fingerprint density at radius 3 is 2.61 bits per heavy atom. The van der Waals surface area contributed by atoms with Gasteiger partial charge in [0.25, 0.3) is 11.5 Å². The first-order valence-corrected chi connectivity index (χ1v) is 12.0. The second-order valence-electron chi connectivity index (χ2n) is 9.31. The monoisotopic (exact) mass is 452 g/mol. The maximum atomic E-state index is 13.5. The van der Waals surface area contributed by atoms with Crippen LogP contribution in [0.5, 0.6) is 0 Å². The van der Waals surface area contributed by atoms with Crippen LogP contribution < -0.4 is 5.56 Å². The van der Waals surface area contributed by atoms with Gasteiger partial charge < -0.3 is 19.4 Å². The highest BCUT2D eigenvalue weighted by molar-refractivity contribution is 6.07.